The summed E-state index contributed by atoms with van der Waals surface area (Å²) in [6.07, 6.45) is 0. The van der Waals surface area contributed by atoms with Crippen LogP contribution in [0.4, 0.5) is 0 Å². The van der Waals surface area contributed by atoms with Crippen molar-refractivity contribution in [3.8, 4) is 0 Å². The minimum Gasteiger partial charge on any atom is -0.310 e. The maximum Gasteiger partial charge on any atom is 0.359 e. The Morgan fingerprint density at radius 3 is 2.19 bits per heavy atom. The predicted molar refractivity (Wildman–Crippen MR) is 60.2 cm³/mol. The molecule has 0 bridgehead atoms. The molecule has 1 atom stereocenters. The van der Waals surface area contributed by atoms with Gasteiger partial charge in [0.1, 0.15) is 0 Å². The van der Waals surface area contributed by atoms with Crippen molar-refractivity contribution >= 4 is 16.2 Å². The van der Waals surface area contributed by atoms with Crippen LogP contribution in [0, 0.1) is 0 Å². The molecule has 8 heteroatoms. The first-order valence-corrected chi connectivity index (χ1v) is 7.94. The lowest BCUT2D eigenvalue weighted by Gasteiger charge is -2.24. The van der Waals surface area contributed by atoms with Gasteiger partial charge < -0.3 is 18.1 Å². The molecule has 0 aromatic rings. The summed E-state index contributed by atoms with van der Waals surface area (Å²) in [5.74, 6) is -0.684. The Hall–Kier alpha value is 0.460. The van der Waals surface area contributed by atoms with Crippen LogP contribution >= 0.6 is 16.2 Å². The first kappa shape index (κ1) is 14.5. The number of hydrogen-bond donors (Lipinski definition) is 0. The minimum atomic E-state index is -3.23. The molecule has 16 heavy (non-hydrogen) atoms. The second-order valence-electron chi connectivity index (χ2n) is 2.97. The fraction of sp³-hybridized carbons (Fsp3) is 1.00. The van der Waals surface area contributed by atoms with Crippen molar-refractivity contribution in [2.24, 2.45) is 0 Å². The first-order chi connectivity index (χ1) is 7.62. The zero-order valence-electron chi connectivity index (χ0n) is 9.75. The average molecular weight is 272 g/mol. The summed E-state index contributed by atoms with van der Waals surface area (Å²) in [5.41, 5.74) is 0. The standard InChI is InChI=1S/C8H18O6P2/c1-4-12-16(9,13-5-2)8(3)14-15-10-6-7-11-15/h8H,4-7H2,1-3H3. The largest absolute Gasteiger partial charge is 0.359 e. The molecule has 1 unspecified atom stereocenters. The third kappa shape index (κ3) is 4.04. The summed E-state index contributed by atoms with van der Waals surface area (Å²) in [7, 11) is -4.63. The molecule has 6 nitrogen and oxygen atoms in total. The molecule has 0 spiro atoms. The van der Waals surface area contributed by atoms with Crippen LogP contribution in [0.2, 0.25) is 0 Å². The smallest absolute Gasteiger partial charge is 0.310 e. The lowest BCUT2D eigenvalue weighted by Crippen LogP contribution is -2.11. The van der Waals surface area contributed by atoms with Crippen LogP contribution in [-0.2, 0) is 27.2 Å². The number of hydrogen-bond acceptors (Lipinski definition) is 6. The van der Waals surface area contributed by atoms with Gasteiger partial charge in [-0.25, -0.2) is 0 Å². The van der Waals surface area contributed by atoms with Gasteiger partial charge in [-0.2, -0.15) is 0 Å². The highest BCUT2D eigenvalue weighted by Gasteiger charge is 2.36. The topological polar surface area (TPSA) is 63.2 Å². The summed E-state index contributed by atoms with van der Waals surface area (Å²) in [6.45, 7) is 6.78. The van der Waals surface area contributed by atoms with Gasteiger partial charge in [0.15, 0.2) is 5.85 Å². The first-order valence-electron chi connectivity index (χ1n) is 5.24. The van der Waals surface area contributed by atoms with Crippen molar-refractivity contribution in [1.82, 2.24) is 0 Å². The fourth-order valence-electron chi connectivity index (χ4n) is 1.11. The highest BCUT2D eigenvalue weighted by atomic mass is 31.2. The predicted octanol–water partition coefficient (Wildman–Crippen LogP) is 2.89. The Morgan fingerprint density at radius 1 is 1.25 bits per heavy atom. The van der Waals surface area contributed by atoms with Gasteiger partial charge >= 0.3 is 16.2 Å². The summed E-state index contributed by atoms with van der Waals surface area (Å²) in [5, 5.41) is 0. The summed E-state index contributed by atoms with van der Waals surface area (Å²) in [4.78, 5) is 0. The van der Waals surface area contributed by atoms with Gasteiger partial charge in [0.25, 0.3) is 0 Å². The van der Waals surface area contributed by atoms with E-state index >= 15 is 0 Å². The van der Waals surface area contributed by atoms with Crippen LogP contribution in [0.3, 0.4) is 0 Å². The van der Waals surface area contributed by atoms with Gasteiger partial charge in [-0.05, 0) is 20.8 Å². The summed E-state index contributed by atoms with van der Waals surface area (Å²) in [6, 6.07) is 0. The van der Waals surface area contributed by atoms with Gasteiger partial charge in [0, 0.05) is 0 Å². The zero-order valence-corrected chi connectivity index (χ0v) is 11.5. The zero-order chi connectivity index (χ0) is 12.0. The molecule has 1 fully saturated rings. The molecule has 1 rings (SSSR count). The van der Waals surface area contributed by atoms with Crippen molar-refractivity contribution in [3.05, 3.63) is 0 Å². The van der Waals surface area contributed by atoms with E-state index in [4.69, 9.17) is 22.6 Å². The van der Waals surface area contributed by atoms with Crippen LogP contribution in [-0.4, -0.2) is 32.3 Å². The summed E-state index contributed by atoms with van der Waals surface area (Å²) < 4.78 is 38.2. The van der Waals surface area contributed by atoms with Crippen molar-refractivity contribution in [2.45, 2.75) is 26.6 Å². The molecular formula is C8H18O6P2. The molecule has 1 saturated heterocycles. The summed E-state index contributed by atoms with van der Waals surface area (Å²) >= 11 is 0. The van der Waals surface area contributed by atoms with Crippen molar-refractivity contribution in [1.29, 1.82) is 0 Å². The molecule has 1 heterocycles. The van der Waals surface area contributed by atoms with Gasteiger partial charge in [-0.3, -0.25) is 9.09 Å². The van der Waals surface area contributed by atoms with E-state index < -0.39 is 22.0 Å². The van der Waals surface area contributed by atoms with E-state index in [-0.39, 0.29) is 0 Å². The molecule has 0 radical (unpaired) electrons. The minimum absolute atomic E-state index is 0.310. The molecule has 0 aromatic heterocycles. The van der Waals surface area contributed by atoms with Gasteiger partial charge in [-0.15, -0.1) is 0 Å². The van der Waals surface area contributed by atoms with E-state index in [1.165, 1.54) is 0 Å². The Morgan fingerprint density at radius 2 is 1.75 bits per heavy atom. The lowest BCUT2D eigenvalue weighted by atomic mass is 10.8. The van der Waals surface area contributed by atoms with Crippen LogP contribution in [0.1, 0.15) is 20.8 Å². The molecule has 1 aliphatic rings. The monoisotopic (exact) mass is 272 g/mol. The van der Waals surface area contributed by atoms with Gasteiger partial charge in [-0.1, -0.05) is 0 Å². The molecule has 0 amide bonds. The van der Waals surface area contributed by atoms with E-state index in [1.807, 2.05) is 0 Å². The molecule has 0 saturated carbocycles. The van der Waals surface area contributed by atoms with E-state index in [1.54, 1.807) is 20.8 Å². The van der Waals surface area contributed by atoms with E-state index in [2.05, 4.69) is 0 Å². The second-order valence-corrected chi connectivity index (χ2v) is 6.47. The molecule has 1 aliphatic heterocycles. The molecule has 96 valence electrons. The third-order valence-electron chi connectivity index (χ3n) is 1.78. The van der Waals surface area contributed by atoms with Gasteiger partial charge in [0.2, 0.25) is 0 Å². The van der Waals surface area contributed by atoms with Crippen LogP contribution in [0.25, 0.3) is 0 Å². The highest BCUT2D eigenvalue weighted by molar-refractivity contribution is 7.55. The normalized spacial score (nSPS) is 20.2. The van der Waals surface area contributed by atoms with E-state index in [0.717, 1.165) is 0 Å². The van der Waals surface area contributed by atoms with E-state index in [0.29, 0.717) is 26.4 Å². The maximum atomic E-state index is 12.2. The maximum absolute atomic E-state index is 12.2. The Kier molecular flexibility index (Phi) is 6.37. The fourth-order valence-corrected chi connectivity index (χ4v) is 3.91. The molecular weight excluding hydrogens is 254 g/mol. The average Bonchev–Trinajstić information content (AvgIpc) is 2.71. The highest BCUT2D eigenvalue weighted by Crippen LogP contribution is 2.58. The third-order valence-corrected chi connectivity index (χ3v) is 5.45. The Labute approximate surface area is 97.1 Å². The molecule has 0 aromatic carbocycles. The second kappa shape index (κ2) is 7.02. The molecule has 0 N–H and O–H groups in total. The van der Waals surface area contributed by atoms with Crippen molar-refractivity contribution < 1.29 is 27.2 Å². The van der Waals surface area contributed by atoms with Crippen LogP contribution in [0.5, 0.6) is 0 Å². The Bertz CT molecular complexity index is 233. The van der Waals surface area contributed by atoms with Crippen LogP contribution < -0.4 is 0 Å². The van der Waals surface area contributed by atoms with Crippen LogP contribution in [0.15, 0.2) is 0 Å². The Balaban J connectivity index is 2.51. The quantitative estimate of drug-likeness (QED) is 0.664. The van der Waals surface area contributed by atoms with E-state index in [9.17, 15) is 4.57 Å². The lowest BCUT2D eigenvalue weighted by molar-refractivity contribution is 0.155. The van der Waals surface area contributed by atoms with Gasteiger partial charge in [0.05, 0.1) is 26.4 Å². The molecule has 0 aliphatic carbocycles. The van der Waals surface area contributed by atoms with Crippen molar-refractivity contribution in [2.75, 3.05) is 26.4 Å². The SMILES string of the molecule is CCOP(=O)(OCC)C(C)OP1OCCO1. The number of rotatable bonds is 7. The van der Waals surface area contributed by atoms with Crippen molar-refractivity contribution in [3.63, 3.8) is 0 Å².